The van der Waals surface area contributed by atoms with Gasteiger partial charge in [0, 0.05) is 0 Å². The van der Waals surface area contributed by atoms with Crippen molar-refractivity contribution in [2.75, 3.05) is 0 Å². The molecule has 20 heavy (non-hydrogen) atoms. The van der Waals surface area contributed by atoms with Crippen LogP contribution >= 0.6 is 9.24 Å². The zero-order valence-corrected chi connectivity index (χ0v) is 14.9. The standard InChI is InChI=1S/C14H31P.BF4/c1-5-9-10-11-12-13(6-2)14(15,7-3)8-4;2-1(3,4)5/h13H,5-12,15H2,1-4H3;/q;-1/p+1. The van der Waals surface area contributed by atoms with E-state index in [1.54, 1.807) is 0 Å². The lowest BCUT2D eigenvalue weighted by molar-refractivity contribution is 0.314. The van der Waals surface area contributed by atoms with Gasteiger partial charge in [0.15, 0.2) is 0 Å². The van der Waals surface area contributed by atoms with Crippen LogP contribution in [0, 0.1) is 5.92 Å². The molecule has 0 aromatic heterocycles. The summed E-state index contributed by atoms with van der Waals surface area (Å²) >= 11 is 0. The monoisotopic (exact) mass is 318 g/mol. The van der Waals surface area contributed by atoms with E-state index < -0.39 is 7.25 Å². The molecule has 124 valence electrons. The number of halogens is 4. The van der Waals surface area contributed by atoms with Crippen molar-refractivity contribution in [1.82, 2.24) is 0 Å². The quantitative estimate of drug-likeness (QED) is 0.198. The van der Waals surface area contributed by atoms with E-state index in [4.69, 9.17) is 0 Å². The molecule has 2 atom stereocenters. The highest BCUT2D eigenvalue weighted by atomic mass is 31.0. The van der Waals surface area contributed by atoms with Crippen molar-refractivity contribution >= 4 is 16.5 Å². The summed E-state index contributed by atoms with van der Waals surface area (Å²) < 4.78 is 39.0. The zero-order valence-electron chi connectivity index (χ0n) is 13.5. The lowest BCUT2D eigenvalue weighted by Crippen LogP contribution is -2.29. The zero-order chi connectivity index (χ0) is 16.2. The summed E-state index contributed by atoms with van der Waals surface area (Å²) in [4.78, 5) is 0. The predicted octanol–water partition coefficient (Wildman–Crippen LogP) is 6.45. The van der Waals surface area contributed by atoms with Crippen LogP contribution in [0.3, 0.4) is 0 Å². The fourth-order valence-electron chi connectivity index (χ4n) is 2.59. The lowest BCUT2D eigenvalue weighted by Gasteiger charge is -2.31. The minimum atomic E-state index is -6.00. The summed E-state index contributed by atoms with van der Waals surface area (Å²) in [6.45, 7) is 9.40. The Labute approximate surface area is 124 Å². The second-order valence-electron chi connectivity index (χ2n) is 5.52. The Hall–Kier alpha value is 0.215. The first kappa shape index (κ1) is 22.5. The molecule has 6 heteroatoms. The average molecular weight is 318 g/mol. The highest BCUT2D eigenvalue weighted by molar-refractivity contribution is 7.19. The summed E-state index contributed by atoms with van der Waals surface area (Å²) in [6, 6.07) is 0. The van der Waals surface area contributed by atoms with Crippen LogP contribution < -0.4 is 0 Å². The van der Waals surface area contributed by atoms with Gasteiger partial charge in [0.1, 0.15) is 0 Å². The molecule has 0 N–H and O–H groups in total. The maximum Gasteiger partial charge on any atom is 0.673 e. The smallest absolute Gasteiger partial charge is 0.418 e. The van der Waals surface area contributed by atoms with Crippen molar-refractivity contribution in [2.45, 2.75) is 84.2 Å². The summed E-state index contributed by atoms with van der Waals surface area (Å²) in [5.74, 6) is 0.961. The van der Waals surface area contributed by atoms with Gasteiger partial charge in [-0.1, -0.05) is 53.4 Å². The van der Waals surface area contributed by atoms with Crippen molar-refractivity contribution in [3.63, 3.8) is 0 Å². The second kappa shape index (κ2) is 11.8. The molecule has 0 nitrogen and oxygen atoms in total. The van der Waals surface area contributed by atoms with Crippen LogP contribution in [0.25, 0.3) is 0 Å². The number of unbranched alkanes of at least 4 members (excludes halogenated alkanes) is 3. The van der Waals surface area contributed by atoms with Crippen molar-refractivity contribution < 1.29 is 17.3 Å². The van der Waals surface area contributed by atoms with E-state index in [0.717, 1.165) is 5.92 Å². The van der Waals surface area contributed by atoms with E-state index in [2.05, 4.69) is 36.9 Å². The Balaban J connectivity index is 0. The topological polar surface area (TPSA) is 0 Å². The SMILES string of the molecule is CCCCCCC(CC)C([PH3+])(CC)CC.F[B-](F)(F)F. The van der Waals surface area contributed by atoms with Gasteiger partial charge in [-0.05, 0) is 40.8 Å². The highest BCUT2D eigenvalue weighted by Crippen LogP contribution is 2.39. The molecule has 0 rings (SSSR count). The third-order valence-corrected chi connectivity index (χ3v) is 5.75. The highest BCUT2D eigenvalue weighted by Gasteiger charge is 2.33. The van der Waals surface area contributed by atoms with Gasteiger partial charge in [0.05, 0.1) is 5.16 Å². The van der Waals surface area contributed by atoms with Crippen LogP contribution in [0.2, 0.25) is 0 Å². The molecule has 0 bridgehead atoms. The molecule has 0 saturated carbocycles. The number of hydrogen-bond acceptors (Lipinski definition) is 0. The Kier molecular flexibility index (Phi) is 13.3. The van der Waals surface area contributed by atoms with Gasteiger partial charge in [0.25, 0.3) is 0 Å². The summed E-state index contributed by atoms with van der Waals surface area (Å²) in [6.07, 6.45) is 11.2. The van der Waals surface area contributed by atoms with Crippen LogP contribution in [0.1, 0.15) is 79.1 Å². The van der Waals surface area contributed by atoms with Crippen LogP contribution in [0.4, 0.5) is 17.3 Å². The summed E-state index contributed by atoms with van der Waals surface area (Å²) in [7, 11) is -3.73. The minimum absolute atomic E-state index is 0.626. The van der Waals surface area contributed by atoms with Crippen molar-refractivity contribution in [2.24, 2.45) is 5.92 Å². The number of hydrogen-bond donors (Lipinski definition) is 0. The maximum absolute atomic E-state index is 9.75. The molecule has 0 fully saturated rings. The van der Waals surface area contributed by atoms with Crippen molar-refractivity contribution in [1.29, 1.82) is 0 Å². The van der Waals surface area contributed by atoms with E-state index in [1.807, 2.05) is 0 Å². The van der Waals surface area contributed by atoms with Crippen LogP contribution in [-0.2, 0) is 0 Å². The first-order valence-corrected chi connectivity index (χ1v) is 8.57. The normalized spacial score (nSPS) is 13.8. The third-order valence-electron chi connectivity index (χ3n) is 4.17. The van der Waals surface area contributed by atoms with E-state index in [0.29, 0.717) is 5.16 Å². The lowest BCUT2D eigenvalue weighted by atomic mass is 9.81. The largest absolute Gasteiger partial charge is 0.673 e. The fraction of sp³-hybridized carbons (Fsp3) is 1.00. The van der Waals surface area contributed by atoms with E-state index in [1.165, 1.54) is 51.4 Å². The van der Waals surface area contributed by atoms with Gasteiger partial charge in [-0.15, -0.1) is 0 Å². The maximum atomic E-state index is 9.75. The third kappa shape index (κ3) is 13.2. The first-order valence-electron chi connectivity index (χ1n) is 7.87. The van der Waals surface area contributed by atoms with Crippen LogP contribution in [-0.4, -0.2) is 12.4 Å². The van der Waals surface area contributed by atoms with Gasteiger partial charge in [-0.2, -0.15) is 0 Å². The van der Waals surface area contributed by atoms with Gasteiger partial charge in [-0.3, -0.25) is 0 Å². The molecular formula is C14H32BF4P. The Morgan fingerprint density at radius 1 is 0.900 bits per heavy atom. The minimum Gasteiger partial charge on any atom is -0.418 e. The van der Waals surface area contributed by atoms with E-state index in [9.17, 15) is 17.3 Å². The molecule has 0 aliphatic rings. The molecule has 0 aliphatic heterocycles. The fourth-order valence-corrected chi connectivity index (χ4v) is 3.08. The Morgan fingerprint density at radius 2 is 1.35 bits per heavy atom. The molecule has 0 radical (unpaired) electrons. The van der Waals surface area contributed by atoms with Crippen LogP contribution in [0.15, 0.2) is 0 Å². The molecule has 0 saturated heterocycles. The van der Waals surface area contributed by atoms with Gasteiger partial charge in [0.2, 0.25) is 0 Å². The van der Waals surface area contributed by atoms with Gasteiger partial charge >= 0.3 is 7.25 Å². The Morgan fingerprint density at radius 3 is 1.65 bits per heavy atom. The Bertz CT molecular complexity index is 212. The molecule has 2 unspecified atom stereocenters. The van der Waals surface area contributed by atoms with E-state index >= 15 is 0 Å². The molecule has 0 spiro atoms. The van der Waals surface area contributed by atoms with Gasteiger partial charge in [-0.25, -0.2) is 0 Å². The van der Waals surface area contributed by atoms with Crippen molar-refractivity contribution in [3.05, 3.63) is 0 Å². The van der Waals surface area contributed by atoms with Crippen molar-refractivity contribution in [3.8, 4) is 0 Å². The molecule has 0 amide bonds. The molecular weight excluding hydrogens is 286 g/mol. The van der Waals surface area contributed by atoms with E-state index in [-0.39, 0.29) is 0 Å². The molecule has 0 heterocycles. The number of rotatable bonds is 9. The van der Waals surface area contributed by atoms with Gasteiger partial charge < -0.3 is 17.3 Å². The molecule has 0 aromatic rings. The second-order valence-corrected chi connectivity index (χ2v) is 6.93. The first-order chi connectivity index (χ1) is 9.14. The average Bonchev–Trinajstić information content (AvgIpc) is 2.36. The molecule has 0 aliphatic carbocycles. The molecule has 0 aromatic carbocycles. The van der Waals surface area contributed by atoms with Crippen LogP contribution in [0.5, 0.6) is 0 Å². The summed E-state index contributed by atoms with van der Waals surface area (Å²) in [5, 5.41) is 0.626. The predicted molar refractivity (Wildman–Crippen MR) is 87.1 cm³/mol. The summed E-state index contributed by atoms with van der Waals surface area (Å²) in [5.41, 5.74) is 0.